The molecule has 0 bridgehead atoms. The van der Waals surface area contributed by atoms with E-state index in [2.05, 4.69) is 24.1 Å². The van der Waals surface area contributed by atoms with Crippen molar-refractivity contribution in [1.82, 2.24) is 10.3 Å². The van der Waals surface area contributed by atoms with Crippen LogP contribution in [-0.4, -0.2) is 22.5 Å². The topological polar surface area (TPSA) is 38.1 Å². The van der Waals surface area contributed by atoms with Crippen LogP contribution in [0.15, 0.2) is 4.42 Å². The molecule has 0 aromatic carbocycles. The number of rotatable bonds is 6. The molecular weight excluding hydrogens is 208 g/mol. The Morgan fingerprint density at radius 1 is 1.47 bits per heavy atom. The zero-order chi connectivity index (χ0) is 11.3. The lowest BCUT2D eigenvalue weighted by molar-refractivity contribution is 0.436. The number of thioether (sulfide) groups is 1. The monoisotopic (exact) mass is 228 g/mol. The maximum Gasteiger partial charge on any atom is 0.208 e. The van der Waals surface area contributed by atoms with Crippen molar-refractivity contribution in [1.29, 1.82) is 0 Å². The highest BCUT2D eigenvalue weighted by molar-refractivity contribution is 7.99. The van der Waals surface area contributed by atoms with E-state index in [-0.39, 0.29) is 0 Å². The zero-order valence-corrected chi connectivity index (χ0v) is 10.8. The van der Waals surface area contributed by atoms with Crippen molar-refractivity contribution in [2.45, 2.75) is 40.3 Å². The molecule has 1 atom stereocenters. The van der Waals surface area contributed by atoms with Gasteiger partial charge in [-0.15, -0.1) is 0 Å². The number of nitrogens with one attached hydrogen (secondary N) is 1. The molecule has 0 aliphatic rings. The molecule has 0 aliphatic carbocycles. The SMILES string of the molecule is CCSCC(C)NCc1nc(C)c(C)o1. The number of hydrogen-bond donors (Lipinski definition) is 1. The second-order valence-electron chi connectivity index (χ2n) is 3.69. The Labute approximate surface area is 96.0 Å². The first-order chi connectivity index (χ1) is 7.13. The molecule has 0 fully saturated rings. The van der Waals surface area contributed by atoms with Gasteiger partial charge in [-0.05, 0) is 26.5 Å². The third-order valence-corrected chi connectivity index (χ3v) is 3.39. The van der Waals surface area contributed by atoms with Gasteiger partial charge in [0.2, 0.25) is 5.89 Å². The van der Waals surface area contributed by atoms with Gasteiger partial charge in [0, 0.05) is 11.8 Å². The van der Waals surface area contributed by atoms with Gasteiger partial charge in [-0.1, -0.05) is 6.92 Å². The van der Waals surface area contributed by atoms with Crippen molar-refractivity contribution in [2.75, 3.05) is 11.5 Å². The Hall–Kier alpha value is -0.480. The lowest BCUT2D eigenvalue weighted by Crippen LogP contribution is -2.27. The minimum Gasteiger partial charge on any atom is -0.444 e. The quantitative estimate of drug-likeness (QED) is 0.812. The molecule has 4 heteroatoms. The Kier molecular flexibility index (Phi) is 5.19. The highest BCUT2D eigenvalue weighted by Gasteiger charge is 2.07. The number of nitrogens with zero attached hydrogens (tertiary/aromatic N) is 1. The van der Waals surface area contributed by atoms with E-state index in [0.717, 1.165) is 29.6 Å². The predicted octanol–water partition coefficient (Wildman–Crippen LogP) is 2.52. The number of aryl methyl sites for hydroxylation is 2. The second kappa shape index (κ2) is 6.18. The van der Waals surface area contributed by atoms with Crippen molar-refractivity contribution in [2.24, 2.45) is 0 Å². The minimum absolute atomic E-state index is 0.502. The smallest absolute Gasteiger partial charge is 0.208 e. The van der Waals surface area contributed by atoms with Crippen LogP contribution < -0.4 is 5.32 Å². The van der Waals surface area contributed by atoms with Crippen LogP contribution in [0.4, 0.5) is 0 Å². The molecule has 1 rings (SSSR count). The van der Waals surface area contributed by atoms with E-state index in [1.54, 1.807) is 0 Å². The first-order valence-corrected chi connectivity index (χ1v) is 6.53. The zero-order valence-electron chi connectivity index (χ0n) is 9.96. The minimum atomic E-state index is 0.502. The van der Waals surface area contributed by atoms with Crippen LogP contribution in [-0.2, 0) is 6.54 Å². The van der Waals surface area contributed by atoms with Crippen LogP contribution in [0.2, 0.25) is 0 Å². The van der Waals surface area contributed by atoms with Crippen molar-refractivity contribution >= 4 is 11.8 Å². The summed E-state index contributed by atoms with van der Waals surface area (Å²) in [4.78, 5) is 4.33. The van der Waals surface area contributed by atoms with Gasteiger partial charge < -0.3 is 9.73 Å². The van der Waals surface area contributed by atoms with E-state index < -0.39 is 0 Å². The van der Waals surface area contributed by atoms with Crippen LogP contribution in [0.1, 0.15) is 31.2 Å². The van der Waals surface area contributed by atoms with E-state index in [9.17, 15) is 0 Å². The summed E-state index contributed by atoms with van der Waals surface area (Å²) < 4.78 is 5.49. The molecule has 0 radical (unpaired) electrons. The third-order valence-electron chi connectivity index (χ3n) is 2.25. The van der Waals surface area contributed by atoms with Crippen molar-refractivity contribution < 1.29 is 4.42 Å². The standard InChI is InChI=1S/C11H20N2OS/c1-5-15-7-8(2)12-6-11-13-9(3)10(4)14-11/h8,12H,5-7H2,1-4H3. The summed E-state index contributed by atoms with van der Waals surface area (Å²) in [6.07, 6.45) is 0. The molecule has 1 heterocycles. The van der Waals surface area contributed by atoms with Gasteiger partial charge in [0.05, 0.1) is 12.2 Å². The van der Waals surface area contributed by atoms with Crippen molar-refractivity contribution in [3.05, 3.63) is 17.3 Å². The molecule has 0 amide bonds. The van der Waals surface area contributed by atoms with Crippen LogP contribution in [0.3, 0.4) is 0 Å². The lowest BCUT2D eigenvalue weighted by Gasteiger charge is -2.10. The molecule has 3 nitrogen and oxygen atoms in total. The maximum absolute atomic E-state index is 5.49. The van der Waals surface area contributed by atoms with Crippen LogP contribution in [0.5, 0.6) is 0 Å². The van der Waals surface area contributed by atoms with E-state index in [4.69, 9.17) is 4.42 Å². The van der Waals surface area contributed by atoms with Crippen molar-refractivity contribution in [3.63, 3.8) is 0 Å². The van der Waals surface area contributed by atoms with Gasteiger partial charge in [0.15, 0.2) is 0 Å². The highest BCUT2D eigenvalue weighted by atomic mass is 32.2. The first-order valence-electron chi connectivity index (χ1n) is 5.37. The fraction of sp³-hybridized carbons (Fsp3) is 0.727. The second-order valence-corrected chi connectivity index (χ2v) is 5.01. The number of hydrogen-bond acceptors (Lipinski definition) is 4. The molecule has 1 unspecified atom stereocenters. The summed E-state index contributed by atoms with van der Waals surface area (Å²) >= 11 is 1.95. The molecular formula is C11H20N2OS. The molecule has 1 aromatic heterocycles. The van der Waals surface area contributed by atoms with Gasteiger partial charge in [0.1, 0.15) is 5.76 Å². The summed E-state index contributed by atoms with van der Waals surface area (Å²) in [5, 5.41) is 3.40. The molecule has 0 saturated carbocycles. The third kappa shape index (κ3) is 4.26. The van der Waals surface area contributed by atoms with E-state index >= 15 is 0 Å². The summed E-state index contributed by atoms with van der Waals surface area (Å²) in [6.45, 7) is 9.00. The van der Waals surface area contributed by atoms with Gasteiger partial charge in [0.25, 0.3) is 0 Å². The van der Waals surface area contributed by atoms with Gasteiger partial charge in [-0.3, -0.25) is 0 Å². The average molecular weight is 228 g/mol. The molecule has 86 valence electrons. The van der Waals surface area contributed by atoms with E-state index in [1.807, 2.05) is 25.6 Å². The Morgan fingerprint density at radius 2 is 2.20 bits per heavy atom. The summed E-state index contributed by atoms with van der Waals surface area (Å²) in [5.74, 6) is 4.01. The van der Waals surface area contributed by atoms with E-state index in [0.29, 0.717) is 6.04 Å². The van der Waals surface area contributed by atoms with Crippen molar-refractivity contribution in [3.8, 4) is 0 Å². The van der Waals surface area contributed by atoms with E-state index in [1.165, 1.54) is 5.75 Å². The molecule has 1 aromatic rings. The Balaban J connectivity index is 2.30. The van der Waals surface area contributed by atoms with Gasteiger partial charge in [-0.2, -0.15) is 11.8 Å². The van der Waals surface area contributed by atoms with Gasteiger partial charge >= 0.3 is 0 Å². The van der Waals surface area contributed by atoms with Crippen LogP contribution in [0.25, 0.3) is 0 Å². The maximum atomic E-state index is 5.49. The fourth-order valence-corrected chi connectivity index (χ4v) is 1.94. The van der Waals surface area contributed by atoms with Crippen LogP contribution >= 0.6 is 11.8 Å². The largest absolute Gasteiger partial charge is 0.444 e. The fourth-order valence-electron chi connectivity index (χ4n) is 1.23. The molecule has 0 saturated heterocycles. The lowest BCUT2D eigenvalue weighted by atomic mass is 10.4. The normalized spacial score (nSPS) is 13.1. The average Bonchev–Trinajstić information content (AvgIpc) is 2.52. The predicted molar refractivity (Wildman–Crippen MR) is 65.3 cm³/mol. The molecule has 0 spiro atoms. The summed E-state index contributed by atoms with van der Waals surface area (Å²) in [5.41, 5.74) is 0.988. The van der Waals surface area contributed by atoms with Crippen LogP contribution in [0, 0.1) is 13.8 Å². The summed E-state index contributed by atoms with van der Waals surface area (Å²) in [6, 6.07) is 0.502. The number of oxazole rings is 1. The molecule has 0 aliphatic heterocycles. The highest BCUT2D eigenvalue weighted by Crippen LogP contribution is 2.08. The Morgan fingerprint density at radius 3 is 2.73 bits per heavy atom. The van der Waals surface area contributed by atoms with Gasteiger partial charge in [-0.25, -0.2) is 4.98 Å². The molecule has 1 N–H and O–H groups in total. The number of aromatic nitrogens is 1. The Bertz CT molecular complexity index is 279. The summed E-state index contributed by atoms with van der Waals surface area (Å²) in [7, 11) is 0. The molecule has 15 heavy (non-hydrogen) atoms. The first kappa shape index (κ1) is 12.6.